The maximum Gasteiger partial charge on any atom is 0.191 e. The molecule has 0 aromatic rings. The number of nitrogens with zero attached hydrogens (tertiary/aromatic N) is 2. The van der Waals surface area contributed by atoms with Crippen molar-refractivity contribution >= 4 is 29.9 Å². The summed E-state index contributed by atoms with van der Waals surface area (Å²) in [5, 5.41) is 6.93. The number of hydrogen-bond acceptors (Lipinski definition) is 4. The molecule has 148 valence electrons. The van der Waals surface area contributed by atoms with Gasteiger partial charge in [-0.1, -0.05) is 20.8 Å². The van der Waals surface area contributed by atoms with Crippen molar-refractivity contribution in [1.82, 2.24) is 15.5 Å². The Morgan fingerprint density at radius 3 is 2.36 bits per heavy atom. The van der Waals surface area contributed by atoms with E-state index in [9.17, 15) is 0 Å². The Balaban J connectivity index is 0.00000312. The van der Waals surface area contributed by atoms with Gasteiger partial charge in [-0.15, -0.1) is 24.0 Å². The number of halogens is 1. The molecular formula is C18H37IN4O2. The fraction of sp³-hybridized carbons (Fsp3) is 0.944. The van der Waals surface area contributed by atoms with E-state index in [1.54, 1.807) is 0 Å². The van der Waals surface area contributed by atoms with Crippen LogP contribution in [0.3, 0.4) is 0 Å². The Morgan fingerprint density at radius 1 is 1.16 bits per heavy atom. The highest BCUT2D eigenvalue weighted by molar-refractivity contribution is 14.0. The predicted octanol–water partition coefficient (Wildman–Crippen LogP) is 1.94. The molecule has 0 radical (unpaired) electrons. The molecule has 2 N–H and O–H groups in total. The van der Waals surface area contributed by atoms with Gasteiger partial charge in [0.1, 0.15) is 0 Å². The van der Waals surface area contributed by atoms with Crippen molar-refractivity contribution in [3.05, 3.63) is 0 Å². The van der Waals surface area contributed by atoms with Crippen LogP contribution < -0.4 is 10.6 Å². The van der Waals surface area contributed by atoms with E-state index >= 15 is 0 Å². The van der Waals surface area contributed by atoms with Gasteiger partial charge in [-0.25, -0.2) is 0 Å². The molecule has 0 bridgehead atoms. The Bertz CT molecular complexity index is 397. The average Bonchev–Trinajstić information content (AvgIpc) is 2.54. The molecule has 0 spiro atoms. The molecule has 2 saturated heterocycles. The molecule has 0 aromatic heterocycles. The zero-order chi connectivity index (χ0) is 17.4. The number of rotatable bonds is 8. The standard InChI is InChI=1S/C18H36N4O2.HI/c1-5-19-17(21-12-18(4)13-24-14-18)20-11-16(10-15(2)3)22-6-8-23-9-7-22;/h15-16H,5-14H2,1-4H3,(H2,19,20,21);1H. The van der Waals surface area contributed by atoms with Crippen LogP contribution in [0.5, 0.6) is 0 Å². The van der Waals surface area contributed by atoms with Crippen LogP contribution in [0.4, 0.5) is 0 Å². The Kier molecular flexibility index (Phi) is 10.6. The van der Waals surface area contributed by atoms with E-state index in [0.29, 0.717) is 12.0 Å². The van der Waals surface area contributed by atoms with Crippen molar-refractivity contribution in [2.75, 3.05) is 59.2 Å². The average molecular weight is 468 g/mol. The lowest BCUT2D eigenvalue weighted by Gasteiger charge is -2.37. The quantitative estimate of drug-likeness (QED) is 0.324. The number of ether oxygens (including phenoxy) is 2. The summed E-state index contributed by atoms with van der Waals surface area (Å²) in [6.45, 7) is 17.0. The van der Waals surface area contributed by atoms with E-state index < -0.39 is 0 Å². The number of nitrogens with one attached hydrogen (secondary N) is 2. The third kappa shape index (κ3) is 7.97. The van der Waals surface area contributed by atoms with Gasteiger partial charge in [0.15, 0.2) is 5.96 Å². The van der Waals surface area contributed by atoms with E-state index in [0.717, 1.165) is 65.1 Å². The van der Waals surface area contributed by atoms with Gasteiger partial charge in [0, 0.05) is 37.6 Å². The fourth-order valence-electron chi connectivity index (χ4n) is 3.22. The van der Waals surface area contributed by atoms with Gasteiger partial charge in [0.25, 0.3) is 0 Å². The minimum atomic E-state index is 0. The van der Waals surface area contributed by atoms with Gasteiger partial charge >= 0.3 is 0 Å². The molecule has 7 heteroatoms. The Morgan fingerprint density at radius 2 is 1.84 bits per heavy atom. The van der Waals surface area contributed by atoms with Crippen LogP contribution in [0.25, 0.3) is 0 Å². The van der Waals surface area contributed by atoms with E-state index in [2.05, 4.69) is 43.2 Å². The van der Waals surface area contributed by atoms with E-state index in [1.807, 2.05) is 0 Å². The van der Waals surface area contributed by atoms with Crippen molar-refractivity contribution in [2.45, 2.75) is 40.2 Å². The van der Waals surface area contributed by atoms with Crippen LogP contribution in [0.2, 0.25) is 0 Å². The molecule has 6 nitrogen and oxygen atoms in total. The van der Waals surface area contributed by atoms with Gasteiger partial charge in [-0.05, 0) is 19.3 Å². The smallest absolute Gasteiger partial charge is 0.191 e. The summed E-state index contributed by atoms with van der Waals surface area (Å²) in [4.78, 5) is 7.33. The fourth-order valence-corrected chi connectivity index (χ4v) is 3.22. The lowest BCUT2D eigenvalue weighted by molar-refractivity contribution is -0.0945. The third-order valence-electron chi connectivity index (χ3n) is 4.67. The predicted molar refractivity (Wildman–Crippen MR) is 114 cm³/mol. The van der Waals surface area contributed by atoms with Gasteiger partial charge < -0.3 is 20.1 Å². The zero-order valence-corrected chi connectivity index (χ0v) is 18.7. The van der Waals surface area contributed by atoms with E-state index in [-0.39, 0.29) is 29.4 Å². The molecule has 2 fully saturated rings. The summed E-state index contributed by atoms with van der Waals surface area (Å²) in [5.41, 5.74) is 0.212. The molecule has 0 aliphatic carbocycles. The second kappa shape index (κ2) is 11.6. The van der Waals surface area contributed by atoms with Crippen LogP contribution in [0, 0.1) is 11.3 Å². The highest BCUT2D eigenvalue weighted by atomic mass is 127. The van der Waals surface area contributed by atoms with E-state index in [1.165, 1.54) is 6.42 Å². The zero-order valence-electron chi connectivity index (χ0n) is 16.3. The van der Waals surface area contributed by atoms with Crippen LogP contribution in [0.1, 0.15) is 34.1 Å². The first-order chi connectivity index (χ1) is 11.5. The minimum Gasteiger partial charge on any atom is -0.380 e. The van der Waals surface area contributed by atoms with Gasteiger partial charge in [-0.3, -0.25) is 9.89 Å². The molecule has 1 unspecified atom stereocenters. The molecule has 1 atom stereocenters. The maximum atomic E-state index is 5.50. The monoisotopic (exact) mass is 468 g/mol. The third-order valence-corrected chi connectivity index (χ3v) is 4.67. The first-order valence-electron chi connectivity index (χ1n) is 9.44. The Hall–Kier alpha value is -0.120. The second-order valence-electron chi connectivity index (χ2n) is 7.81. The lowest BCUT2D eigenvalue weighted by Crippen LogP contribution is -2.51. The normalized spacial score (nSPS) is 22.0. The highest BCUT2D eigenvalue weighted by Crippen LogP contribution is 2.26. The molecule has 0 aromatic carbocycles. The number of hydrogen-bond donors (Lipinski definition) is 2. The van der Waals surface area contributed by atoms with Crippen molar-refractivity contribution in [3.8, 4) is 0 Å². The first-order valence-corrected chi connectivity index (χ1v) is 9.44. The van der Waals surface area contributed by atoms with Crippen LogP contribution >= 0.6 is 24.0 Å². The molecule has 2 aliphatic heterocycles. The number of guanidine groups is 1. The highest BCUT2D eigenvalue weighted by Gasteiger charge is 2.33. The molecule has 25 heavy (non-hydrogen) atoms. The number of morpholine rings is 1. The summed E-state index contributed by atoms with van der Waals surface area (Å²) in [6.07, 6.45) is 1.19. The van der Waals surface area contributed by atoms with Crippen molar-refractivity contribution in [1.29, 1.82) is 0 Å². The molecule has 2 rings (SSSR count). The molecule has 2 aliphatic rings. The van der Waals surface area contributed by atoms with Gasteiger partial charge in [-0.2, -0.15) is 0 Å². The van der Waals surface area contributed by atoms with Gasteiger partial charge in [0.05, 0.1) is 33.0 Å². The largest absolute Gasteiger partial charge is 0.380 e. The van der Waals surface area contributed by atoms with E-state index in [4.69, 9.17) is 14.5 Å². The molecule has 0 amide bonds. The SMILES string of the molecule is CCNC(=NCC1(C)COC1)NCC(CC(C)C)N1CCOCC1.I. The lowest BCUT2D eigenvalue weighted by atomic mass is 9.89. The summed E-state index contributed by atoms with van der Waals surface area (Å²) >= 11 is 0. The van der Waals surface area contributed by atoms with Crippen LogP contribution in [0.15, 0.2) is 4.99 Å². The van der Waals surface area contributed by atoms with Crippen LogP contribution in [-0.2, 0) is 9.47 Å². The summed E-state index contributed by atoms with van der Waals surface area (Å²) < 4.78 is 10.8. The minimum absolute atomic E-state index is 0. The second-order valence-corrected chi connectivity index (χ2v) is 7.81. The maximum absolute atomic E-state index is 5.50. The summed E-state index contributed by atoms with van der Waals surface area (Å²) in [5.74, 6) is 1.61. The molecule has 0 saturated carbocycles. The molecular weight excluding hydrogens is 431 g/mol. The number of aliphatic imine (C=N–C) groups is 1. The topological polar surface area (TPSA) is 58.1 Å². The van der Waals surface area contributed by atoms with Gasteiger partial charge in [0.2, 0.25) is 0 Å². The first kappa shape index (κ1) is 22.9. The van der Waals surface area contributed by atoms with Crippen molar-refractivity contribution in [2.24, 2.45) is 16.3 Å². The summed E-state index contributed by atoms with van der Waals surface area (Å²) in [6, 6.07) is 0.528. The molecule has 2 heterocycles. The Labute approximate surface area is 170 Å². The van der Waals surface area contributed by atoms with Crippen LogP contribution in [-0.4, -0.2) is 76.1 Å². The van der Waals surface area contributed by atoms with Crippen molar-refractivity contribution in [3.63, 3.8) is 0 Å². The van der Waals surface area contributed by atoms with Crippen molar-refractivity contribution < 1.29 is 9.47 Å². The summed E-state index contributed by atoms with van der Waals surface area (Å²) in [7, 11) is 0.